The molecule has 0 aliphatic carbocycles. The Hall–Kier alpha value is -2.34. The predicted octanol–water partition coefficient (Wildman–Crippen LogP) is 6.18. The zero-order chi connectivity index (χ0) is 19.9. The van der Waals surface area contributed by atoms with Gasteiger partial charge in [0.1, 0.15) is 0 Å². The van der Waals surface area contributed by atoms with E-state index in [1.807, 2.05) is 48.5 Å². The maximum atomic E-state index is 12.1. The first kappa shape index (κ1) is 20.4. The van der Waals surface area contributed by atoms with Crippen molar-refractivity contribution >= 4 is 80.0 Å². The largest absolute Gasteiger partial charge is 0.323 e. The van der Waals surface area contributed by atoms with E-state index in [4.69, 9.17) is 0 Å². The lowest BCUT2D eigenvalue weighted by Crippen LogP contribution is -2.21. The van der Waals surface area contributed by atoms with Gasteiger partial charge in [0.25, 0.3) is 0 Å². The Morgan fingerprint density at radius 1 is 0.536 bits per heavy atom. The van der Waals surface area contributed by atoms with Crippen LogP contribution in [0, 0.1) is 7.14 Å². The van der Waals surface area contributed by atoms with E-state index in [1.54, 1.807) is 24.3 Å². The third kappa shape index (κ3) is 6.37. The average molecular weight is 598 g/mol. The van der Waals surface area contributed by atoms with Gasteiger partial charge in [-0.25, -0.2) is 9.59 Å². The molecule has 3 aromatic rings. The number of halogens is 2. The highest BCUT2D eigenvalue weighted by Gasteiger charge is 2.06. The molecular formula is C20H16I2N4O2. The second-order valence-electron chi connectivity index (χ2n) is 5.75. The van der Waals surface area contributed by atoms with E-state index in [1.165, 1.54) is 0 Å². The predicted molar refractivity (Wildman–Crippen MR) is 130 cm³/mol. The molecule has 0 atom stereocenters. The molecule has 3 rings (SSSR count). The van der Waals surface area contributed by atoms with E-state index in [0.717, 1.165) is 7.14 Å². The van der Waals surface area contributed by atoms with Gasteiger partial charge in [-0.05, 0) is 112 Å². The molecule has 0 unspecified atom stereocenters. The van der Waals surface area contributed by atoms with Crippen LogP contribution in [0.3, 0.4) is 0 Å². The Morgan fingerprint density at radius 2 is 0.893 bits per heavy atom. The van der Waals surface area contributed by atoms with E-state index in [-0.39, 0.29) is 12.1 Å². The molecule has 4 N–H and O–H groups in total. The number of rotatable bonds is 4. The quantitative estimate of drug-likeness (QED) is 0.271. The normalized spacial score (nSPS) is 10.1. The van der Waals surface area contributed by atoms with Crippen LogP contribution in [0.25, 0.3) is 0 Å². The monoisotopic (exact) mass is 598 g/mol. The minimum atomic E-state index is -0.360. The number of carbonyl (C=O) groups is 2. The number of hydrogen-bond acceptors (Lipinski definition) is 2. The molecule has 0 aliphatic heterocycles. The van der Waals surface area contributed by atoms with Gasteiger partial charge in [0.2, 0.25) is 0 Å². The topological polar surface area (TPSA) is 82.3 Å². The minimum absolute atomic E-state index is 0.360. The van der Waals surface area contributed by atoms with Crippen LogP contribution in [0.1, 0.15) is 0 Å². The lowest BCUT2D eigenvalue weighted by atomic mass is 10.2. The van der Waals surface area contributed by atoms with Gasteiger partial charge in [0.15, 0.2) is 0 Å². The van der Waals surface area contributed by atoms with Crippen molar-refractivity contribution < 1.29 is 9.59 Å². The highest BCUT2D eigenvalue weighted by molar-refractivity contribution is 14.1. The molecule has 0 aromatic heterocycles. The molecule has 0 heterocycles. The van der Waals surface area contributed by atoms with Gasteiger partial charge in [-0.15, -0.1) is 0 Å². The van der Waals surface area contributed by atoms with Crippen LogP contribution in [-0.2, 0) is 0 Å². The van der Waals surface area contributed by atoms with Crippen LogP contribution in [0.4, 0.5) is 32.3 Å². The van der Waals surface area contributed by atoms with Gasteiger partial charge in [-0.2, -0.15) is 0 Å². The molecule has 0 spiro atoms. The van der Waals surface area contributed by atoms with Crippen molar-refractivity contribution in [2.75, 3.05) is 21.3 Å². The van der Waals surface area contributed by atoms with Crippen LogP contribution in [-0.4, -0.2) is 12.1 Å². The molecular weight excluding hydrogens is 582 g/mol. The maximum Gasteiger partial charge on any atom is 0.323 e. The highest BCUT2D eigenvalue weighted by atomic mass is 127. The van der Waals surface area contributed by atoms with Gasteiger partial charge in [-0.3, -0.25) is 0 Å². The average Bonchev–Trinajstić information content (AvgIpc) is 2.66. The molecule has 4 amide bonds. The second-order valence-corrected chi connectivity index (χ2v) is 8.24. The van der Waals surface area contributed by atoms with Crippen molar-refractivity contribution in [3.63, 3.8) is 0 Å². The minimum Gasteiger partial charge on any atom is -0.308 e. The zero-order valence-electron chi connectivity index (χ0n) is 14.5. The SMILES string of the molecule is O=C(Nc1ccc(I)cc1)Nc1cccc(NC(=O)Nc2ccc(I)cc2)c1. The molecule has 8 heteroatoms. The van der Waals surface area contributed by atoms with E-state index < -0.39 is 0 Å². The standard InChI is InChI=1S/C20H16I2N4O2/c21-13-4-8-15(9-5-13)23-19(27)25-17-2-1-3-18(12-17)26-20(28)24-16-10-6-14(22)7-11-16/h1-12H,(H2,23,25,27)(H2,24,26,28). The number of benzene rings is 3. The lowest BCUT2D eigenvalue weighted by Gasteiger charge is -2.11. The van der Waals surface area contributed by atoms with Crippen molar-refractivity contribution in [2.45, 2.75) is 0 Å². The lowest BCUT2D eigenvalue weighted by molar-refractivity contribution is 0.261. The van der Waals surface area contributed by atoms with Crippen molar-refractivity contribution in [1.82, 2.24) is 0 Å². The van der Waals surface area contributed by atoms with Gasteiger partial charge in [-0.1, -0.05) is 6.07 Å². The third-order valence-corrected chi connectivity index (χ3v) is 5.02. The molecule has 0 saturated carbocycles. The summed E-state index contributed by atoms with van der Waals surface area (Å²) < 4.78 is 2.18. The molecule has 0 radical (unpaired) electrons. The molecule has 0 fully saturated rings. The van der Waals surface area contributed by atoms with E-state index >= 15 is 0 Å². The van der Waals surface area contributed by atoms with Crippen molar-refractivity contribution in [2.24, 2.45) is 0 Å². The summed E-state index contributed by atoms with van der Waals surface area (Å²) in [6.45, 7) is 0. The fourth-order valence-electron chi connectivity index (χ4n) is 2.33. The second kappa shape index (κ2) is 9.73. The van der Waals surface area contributed by atoms with Gasteiger partial charge >= 0.3 is 12.1 Å². The number of nitrogens with one attached hydrogen (secondary N) is 4. The summed E-state index contributed by atoms with van der Waals surface area (Å²) in [5.74, 6) is 0. The molecule has 0 aliphatic rings. The first-order valence-electron chi connectivity index (χ1n) is 8.25. The molecule has 142 valence electrons. The summed E-state index contributed by atoms with van der Waals surface area (Å²) in [5.41, 5.74) is 2.53. The Balaban J connectivity index is 1.57. The summed E-state index contributed by atoms with van der Waals surface area (Å²) in [5, 5.41) is 11.0. The molecule has 0 saturated heterocycles. The van der Waals surface area contributed by atoms with E-state index in [2.05, 4.69) is 66.4 Å². The Bertz CT molecular complexity index is 900. The van der Waals surface area contributed by atoms with Crippen LogP contribution in [0.15, 0.2) is 72.8 Å². The zero-order valence-corrected chi connectivity index (χ0v) is 18.8. The van der Waals surface area contributed by atoms with E-state index in [0.29, 0.717) is 22.7 Å². The smallest absolute Gasteiger partial charge is 0.308 e. The number of urea groups is 2. The van der Waals surface area contributed by atoms with Crippen LogP contribution >= 0.6 is 45.2 Å². The van der Waals surface area contributed by atoms with Crippen molar-refractivity contribution in [3.05, 3.63) is 79.9 Å². The highest BCUT2D eigenvalue weighted by Crippen LogP contribution is 2.17. The van der Waals surface area contributed by atoms with Gasteiger partial charge in [0.05, 0.1) is 0 Å². The summed E-state index contributed by atoms with van der Waals surface area (Å²) in [7, 11) is 0. The number of anilines is 4. The van der Waals surface area contributed by atoms with Gasteiger partial charge < -0.3 is 21.3 Å². The van der Waals surface area contributed by atoms with Crippen LogP contribution in [0.5, 0.6) is 0 Å². The Morgan fingerprint density at radius 3 is 1.29 bits per heavy atom. The number of carbonyl (C=O) groups excluding carboxylic acids is 2. The van der Waals surface area contributed by atoms with Crippen molar-refractivity contribution in [3.8, 4) is 0 Å². The first-order chi connectivity index (χ1) is 13.5. The number of amides is 4. The summed E-state index contributed by atoms with van der Waals surface area (Å²) in [6.07, 6.45) is 0. The van der Waals surface area contributed by atoms with Crippen molar-refractivity contribution in [1.29, 1.82) is 0 Å². The Kier molecular flexibility index (Phi) is 7.09. The van der Waals surface area contributed by atoms with Crippen LogP contribution < -0.4 is 21.3 Å². The molecule has 28 heavy (non-hydrogen) atoms. The maximum absolute atomic E-state index is 12.1. The number of hydrogen-bond donors (Lipinski definition) is 4. The molecule has 3 aromatic carbocycles. The fourth-order valence-corrected chi connectivity index (χ4v) is 3.05. The van der Waals surface area contributed by atoms with E-state index in [9.17, 15) is 9.59 Å². The summed E-state index contributed by atoms with van der Waals surface area (Å²) in [4.78, 5) is 24.3. The summed E-state index contributed by atoms with van der Waals surface area (Å²) in [6, 6.07) is 21.2. The van der Waals surface area contributed by atoms with Gasteiger partial charge in [0, 0.05) is 29.9 Å². The van der Waals surface area contributed by atoms with Crippen LogP contribution in [0.2, 0.25) is 0 Å². The fraction of sp³-hybridized carbons (Fsp3) is 0. The summed E-state index contributed by atoms with van der Waals surface area (Å²) >= 11 is 4.40. The molecule has 0 bridgehead atoms. The molecule has 6 nitrogen and oxygen atoms in total. The first-order valence-corrected chi connectivity index (χ1v) is 10.4. The Labute approximate surface area is 189 Å². The third-order valence-electron chi connectivity index (χ3n) is 3.58.